The van der Waals surface area contributed by atoms with Crippen LogP contribution in [0.15, 0.2) is 42.6 Å². The molecule has 0 saturated carbocycles. The first-order valence-corrected chi connectivity index (χ1v) is 8.12. The lowest BCUT2D eigenvalue weighted by molar-refractivity contribution is 0.0527. The fourth-order valence-electron chi connectivity index (χ4n) is 2.85. The fraction of sp³-hybridized carbons (Fsp3) is 0.200. The molecule has 0 fully saturated rings. The van der Waals surface area contributed by atoms with E-state index in [1.807, 2.05) is 19.9 Å². The van der Waals surface area contributed by atoms with Crippen molar-refractivity contribution in [2.24, 2.45) is 0 Å². The molecule has 3 aromatic rings. The average molecular weight is 336 g/mol. The highest BCUT2D eigenvalue weighted by atomic mass is 16.5. The zero-order valence-electron chi connectivity index (χ0n) is 14.5. The normalized spacial score (nSPS) is 10.7. The van der Waals surface area contributed by atoms with Crippen molar-refractivity contribution < 1.29 is 14.6 Å². The van der Waals surface area contributed by atoms with Gasteiger partial charge in [0.15, 0.2) is 0 Å². The van der Waals surface area contributed by atoms with Gasteiger partial charge in [0.25, 0.3) is 0 Å². The van der Waals surface area contributed by atoms with Crippen LogP contribution in [0.25, 0.3) is 10.9 Å². The smallest absolute Gasteiger partial charge is 0.341 e. The number of carbonyl (C=O) groups excluding carboxylic acids is 1. The van der Waals surface area contributed by atoms with E-state index >= 15 is 0 Å². The quantitative estimate of drug-likeness (QED) is 0.543. The Morgan fingerprint density at radius 3 is 2.60 bits per heavy atom. The molecule has 5 nitrogen and oxygen atoms in total. The van der Waals surface area contributed by atoms with Gasteiger partial charge in [0, 0.05) is 17.3 Å². The Hall–Kier alpha value is -3.08. The number of carbonyl (C=O) groups is 1. The molecule has 2 aromatic carbocycles. The molecule has 0 radical (unpaired) electrons. The van der Waals surface area contributed by atoms with Crippen molar-refractivity contribution in [1.29, 1.82) is 0 Å². The van der Waals surface area contributed by atoms with Gasteiger partial charge in [-0.25, -0.2) is 4.79 Å². The average Bonchev–Trinajstić information content (AvgIpc) is 2.57. The highest BCUT2D eigenvalue weighted by Crippen LogP contribution is 2.32. The van der Waals surface area contributed by atoms with E-state index in [0.717, 1.165) is 27.7 Å². The highest BCUT2D eigenvalue weighted by Gasteiger charge is 2.18. The third-order valence-electron chi connectivity index (χ3n) is 3.94. The number of aryl methyl sites for hydroxylation is 2. The number of ether oxygens (including phenoxy) is 1. The molecule has 0 aliphatic rings. The number of hydrogen-bond donors (Lipinski definition) is 2. The summed E-state index contributed by atoms with van der Waals surface area (Å²) in [6.45, 7) is 6.07. The first kappa shape index (κ1) is 16.8. The maximum Gasteiger partial charge on any atom is 0.341 e. The monoisotopic (exact) mass is 336 g/mol. The van der Waals surface area contributed by atoms with Crippen LogP contribution in [0, 0.1) is 13.8 Å². The van der Waals surface area contributed by atoms with E-state index in [4.69, 9.17) is 4.74 Å². The second-order valence-corrected chi connectivity index (χ2v) is 5.92. The summed E-state index contributed by atoms with van der Waals surface area (Å²) >= 11 is 0. The predicted molar refractivity (Wildman–Crippen MR) is 98.6 cm³/mol. The van der Waals surface area contributed by atoms with E-state index in [1.165, 1.54) is 0 Å². The molecule has 0 unspecified atom stereocenters. The van der Waals surface area contributed by atoms with Gasteiger partial charge < -0.3 is 15.2 Å². The third-order valence-corrected chi connectivity index (χ3v) is 3.94. The van der Waals surface area contributed by atoms with Gasteiger partial charge in [-0.15, -0.1) is 0 Å². The third kappa shape index (κ3) is 3.40. The fourth-order valence-corrected chi connectivity index (χ4v) is 2.85. The van der Waals surface area contributed by atoms with Crippen molar-refractivity contribution in [3.63, 3.8) is 0 Å². The number of rotatable bonds is 4. The maximum absolute atomic E-state index is 12.4. The number of esters is 1. The van der Waals surface area contributed by atoms with Gasteiger partial charge in [-0.05, 0) is 56.7 Å². The summed E-state index contributed by atoms with van der Waals surface area (Å²) in [7, 11) is 0. The van der Waals surface area contributed by atoms with Crippen molar-refractivity contribution >= 4 is 28.2 Å². The molecule has 2 N–H and O–H groups in total. The van der Waals surface area contributed by atoms with Crippen molar-refractivity contribution in [3.8, 4) is 5.75 Å². The van der Waals surface area contributed by atoms with E-state index < -0.39 is 5.97 Å². The first-order valence-electron chi connectivity index (χ1n) is 8.12. The van der Waals surface area contributed by atoms with Gasteiger partial charge in [0.2, 0.25) is 0 Å². The Bertz CT molecular complexity index is 934. The zero-order chi connectivity index (χ0) is 18.0. The molecule has 0 aliphatic carbocycles. The zero-order valence-corrected chi connectivity index (χ0v) is 14.5. The molecule has 0 aliphatic heterocycles. The minimum absolute atomic E-state index is 0.183. The lowest BCUT2D eigenvalue weighted by Crippen LogP contribution is -2.09. The molecular weight excluding hydrogens is 316 g/mol. The van der Waals surface area contributed by atoms with Gasteiger partial charge in [0.05, 0.1) is 17.8 Å². The second-order valence-electron chi connectivity index (χ2n) is 5.92. The molecule has 3 rings (SSSR count). The van der Waals surface area contributed by atoms with Crippen LogP contribution < -0.4 is 5.32 Å². The van der Waals surface area contributed by atoms with Crippen LogP contribution in [0.4, 0.5) is 11.4 Å². The summed E-state index contributed by atoms with van der Waals surface area (Å²) in [5.41, 5.74) is 4.75. The van der Waals surface area contributed by atoms with E-state index in [-0.39, 0.29) is 5.75 Å². The van der Waals surface area contributed by atoms with Crippen molar-refractivity contribution in [2.45, 2.75) is 20.8 Å². The number of pyridine rings is 1. The molecule has 5 heteroatoms. The number of nitrogens with one attached hydrogen (secondary N) is 1. The predicted octanol–water partition coefficient (Wildman–Crippen LogP) is 4.48. The topological polar surface area (TPSA) is 71.5 Å². The Balaban J connectivity index is 2.21. The standard InChI is InChI=1S/C20H20N2O3/c1-4-25-20(24)17-11-21-18-13(3)9-12(2)10-16(18)19(17)22-14-5-7-15(23)8-6-14/h5-11,23H,4H2,1-3H3,(H,21,22). The number of nitrogens with zero attached hydrogens (tertiary/aromatic N) is 1. The number of phenols is 1. The van der Waals surface area contributed by atoms with Crippen molar-refractivity contribution in [3.05, 3.63) is 59.3 Å². The molecule has 0 saturated heterocycles. The second kappa shape index (κ2) is 6.81. The number of fused-ring (bicyclic) bond motifs is 1. The summed E-state index contributed by atoms with van der Waals surface area (Å²) in [5, 5.41) is 13.6. The molecule has 1 aromatic heterocycles. The highest BCUT2D eigenvalue weighted by molar-refractivity contribution is 6.06. The summed E-state index contributed by atoms with van der Waals surface area (Å²) in [6, 6.07) is 10.7. The van der Waals surface area contributed by atoms with Crippen LogP contribution in [0.3, 0.4) is 0 Å². The van der Waals surface area contributed by atoms with Gasteiger partial charge in [-0.3, -0.25) is 4.98 Å². The lowest BCUT2D eigenvalue weighted by atomic mass is 10.0. The molecule has 128 valence electrons. The minimum atomic E-state index is -0.419. The Labute approximate surface area is 146 Å². The van der Waals surface area contributed by atoms with Crippen LogP contribution in [-0.4, -0.2) is 22.7 Å². The molecule has 0 amide bonds. The van der Waals surface area contributed by atoms with Gasteiger partial charge in [-0.2, -0.15) is 0 Å². The van der Waals surface area contributed by atoms with E-state index in [0.29, 0.717) is 17.9 Å². The largest absolute Gasteiger partial charge is 0.508 e. The van der Waals surface area contributed by atoms with Crippen LogP contribution in [0.5, 0.6) is 5.75 Å². The Kier molecular flexibility index (Phi) is 4.57. The lowest BCUT2D eigenvalue weighted by Gasteiger charge is -2.15. The van der Waals surface area contributed by atoms with Crippen molar-refractivity contribution in [2.75, 3.05) is 11.9 Å². The van der Waals surface area contributed by atoms with E-state index in [1.54, 1.807) is 37.4 Å². The Morgan fingerprint density at radius 2 is 1.92 bits per heavy atom. The van der Waals surface area contributed by atoms with Crippen LogP contribution >= 0.6 is 0 Å². The molecule has 25 heavy (non-hydrogen) atoms. The number of benzene rings is 2. The number of aromatic hydroxyl groups is 1. The number of phenolic OH excluding ortho intramolecular Hbond substituents is 1. The van der Waals surface area contributed by atoms with Crippen LogP contribution in [0.2, 0.25) is 0 Å². The number of aromatic nitrogens is 1. The summed E-state index contributed by atoms with van der Waals surface area (Å²) < 4.78 is 5.18. The molecule has 0 atom stereocenters. The molecule has 0 bridgehead atoms. The maximum atomic E-state index is 12.4. The summed E-state index contributed by atoms with van der Waals surface area (Å²) in [5.74, 6) is -0.236. The van der Waals surface area contributed by atoms with Gasteiger partial charge >= 0.3 is 5.97 Å². The molecule has 0 spiro atoms. The van der Waals surface area contributed by atoms with Crippen LogP contribution in [0.1, 0.15) is 28.4 Å². The van der Waals surface area contributed by atoms with Gasteiger partial charge in [-0.1, -0.05) is 11.6 Å². The molecular formula is C20H20N2O3. The Morgan fingerprint density at radius 1 is 1.20 bits per heavy atom. The summed E-state index contributed by atoms with van der Waals surface area (Å²) in [4.78, 5) is 16.8. The van der Waals surface area contributed by atoms with E-state index in [2.05, 4.69) is 16.4 Å². The van der Waals surface area contributed by atoms with Crippen molar-refractivity contribution in [1.82, 2.24) is 4.98 Å². The first-order chi connectivity index (χ1) is 12.0. The van der Waals surface area contributed by atoms with Gasteiger partial charge in [0.1, 0.15) is 11.3 Å². The SMILES string of the molecule is CCOC(=O)c1cnc2c(C)cc(C)cc2c1Nc1ccc(O)cc1. The minimum Gasteiger partial charge on any atom is -0.508 e. The number of hydrogen-bond acceptors (Lipinski definition) is 5. The summed E-state index contributed by atoms with van der Waals surface area (Å²) in [6.07, 6.45) is 1.55. The molecule has 1 heterocycles. The van der Waals surface area contributed by atoms with E-state index in [9.17, 15) is 9.90 Å². The number of anilines is 2. The van der Waals surface area contributed by atoms with Crippen LogP contribution in [-0.2, 0) is 4.74 Å².